The summed E-state index contributed by atoms with van der Waals surface area (Å²) in [6.07, 6.45) is 10.5. The van der Waals surface area contributed by atoms with Crippen LogP contribution in [0.1, 0.15) is 89.2 Å². The number of aryl methyl sites for hydroxylation is 2. The van der Waals surface area contributed by atoms with E-state index in [1.165, 1.54) is 56.2 Å². The second kappa shape index (κ2) is 9.98. The molecule has 5 nitrogen and oxygen atoms in total. The van der Waals surface area contributed by atoms with Gasteiger partial charge in [-0.3, -0.25) is 9.59 Å². The molecule has 0 atom stereocenters. The zero-order valence-electron chi connectivity index (χ0n) is 20.3. The van der Waals surface area contributed by atoms with Crippen molar-refractivity contribution in [3.63, 3.8) is 0 Å². The molecule has 2 aliphatic rings. The van der Waals surface area contributed by atoms with Crippen molar-refractivity contribution in [1.82, 2.24) is 10.3 Å². The molecule has 4 rings (SSSR count). The number of anilines is 1. The average Bonchev–Trinajstić information content (AvgIpc) is 3.25. The second-order valence-corrected chi connectivity index (χ2v) is 9.85. The van der Waals surface area contributed by atoms with E-state index >= 15 is 0 Å². The summed E-state index contributed by atoms with van der Waals surface area (Å²) in [4.78, 5) is 31.1. The molecule has 2 N–H and O–H groups in total. The van der Waals surface area contributed by atoms with Crippen LogP contribution in [0.15, 0.2) is 35.6 Å². The number of hydrogen-bond donors (Lipinski definition) is 2. The minimum Gasteiger partial charge on any atom is -0.365 e. The van der Waals surface area contributed by atoms with E-state index in [4.69, 9.17) is 0 Å². The van der Waals surface area contributed by atoms with Crippen LogP contribution in [0.25, 0.3) is 0 Å². The fourth-order valence-corrected chi connectivity index (χ4v) is 5.40. The number of carbonyl (C=O) groups excluding carboxylic acids is 1. The lowest BCUT2D eigenvalue weighted by atomic mass is 9.78. The molecule has 0 unspecified atom stereocenters. The lowest BCUT2D eigenvalue weighted by Crippen LogP contribution is -2.35. The normalized spacial score (nSPS) is 16.5. The maximum atomic E-state index is 13.4. The zero-order valence-corrected chi connectivity index (χ0v) is 20.3. The van der Waals surface area contributed by atoms with E-state index in [-0.39, 0.29) is 18.0 Å². The fourth-order valence-electron chi connectivity index (χ4n) is 5.40. The van der Waals surface area contributed by atoms with Gasteiger partial charge in [-0.1, -0.05) is 25.3 Å². The highest BCUT2D eigenvalue weighted by atomic mass is 16.1. The number of nitrogens with zero attached hydrogens (tertiary/aromatic N) is 1. The number of aromatic amines is 1. The Morgan fingerprint density at radius 2 is 1.85 bits per heavy atom. The third-order valence-electron chi connectivity index (χ3n) is 7.54. The average molecular weight is 448 g/mol. The molecule has 0 radical (unpaired) electrons. The third kappa shape index (κ3) is 4.92. The van der Waals surface area contributed by atoms with Crippen molar-refractivity contribution in [2.75, 3.05) is 11.4 Å². The highest BCUT2D eigenvalue weighted by Crippen LogP contribution is 2.40. The van der Waals surface area contributed by atoms with Crippen LogP contribution in [-0.2, 0) is 6.54 Å². The Balaban J connectivity index is 1.66. The van der Waals surface area contributed by atoms with Gasteiger partial charge in [0.05, 0.1) is 0 Å². The monoisotopic (exact) mass is 447 g/mol. The number of aromatic nitrogens is 1. The first kappa shape index (κ1) is 23.3. The van der Waals surface area contributed by atoms with Gasteiger partial charge in [-0.05, 0) is 87.3 Å². The first-order valence-corrected chi connectivity index (χ1v) is 12.4. The Kier molecular flexibility index (Phi) is 7.06. The number of rotatable bonds is 8. The van der Waals surface area contributed by atoms with Crippen molar-refractivity contribution >= 4 is 11.6 Å². The van der Waals surface area contributed by atoms with Gasteiger partial charge in [-0.15, -0.1) is 6.58 Å². The van der Waals surface area contributed by atoms with Gasteiger partial charge in [0.1, 0.15) is 0 Å². The molecule has 1 aromatic carbocycles. The van der Waals surface area contributed by atoms with Gasteiger partial charge in [0.15, 0.2) is 0 Å². The van der Waals surface area contributed by atoms with E-state index in [1.54, 1.807) is 0 Å². The van der Waals surface area contributed by atoms with Crippen molar-refractivity contribution < 1.29 is 4.79 Å². The van der Waals surface area contributed by atoms with Crippen LogP contribution in [0, 0.1) is 20.8 Å². The Labute approximate surface area is 197 Å². The van der Waals surface area contributed by atoms with Gasteiger partial charge in [0, 0.05) is 41.6 Å². The summed E-state index contributed by atoms with van der Waals surface area (Å²) in [5.41, 5.74) is 6.38. The Morgan fingerprint density at radius 3 is 2.45 bits per heavy atom. The summed E-state index contributed by atoms with van der Waals surface area (Å²) in [7, 11) is 0. The van der Waals surface area contributed by atoms with Crippen molar-refractivity contribution in [1.29, 1.82) is 0 Å². The predicted molar refractivity (Wildman–Crippen MR) is 135 cm³/mol. The van der Waals surface area contributed by atoms with Gasteiger partial charge in [0.25, 0.3) is 11.5 Å². The molecular formula is C28H37N3O2. The molecule has 2 fully saturated rings. The molecule has 0 saturated heterocycles. The standard InChI is InChI=1S/C28H37N3O2/c1-5-13-31(23-11-6-7-12-23)26-16-22(21-9-8-10-21)15-24(20(26)4)27(32)29-17-25-18(2)14-19(3)30-28(25)33/h5,14-16,21,23H,1,6-13,17H2,2-4H3,(H,29,32)(H,30,33). The summed E-state index contributed by atoms with van der Waals surface area (Å²) < 4.78 is 0. The van der Waals surface area contributed by atoms with Crippen LogP contribution in [0.5, 0.6) is 0 Å². The summed E-state index contributed by atoms with van der Waals surface area (Å²) in [5.74, 6) is 0.423. The Morgan fingerprint density at radius 1 is 1.12 bits per heavy atom. The summed E-state index contributed by atoms with van der Waals surface area (Å²) in [6.45, 7) is 10.9. The van der Waals surface area contributed by atoms with E-state index in [2.05, 4.69) is 40.8 Å². The second-order valence-electron chi connectivity index (χ2n) is 9.85. The molecule has 176 valence electrons. The van der Waals surface area contributed by atoms with Gasteiger partial charge in [0.2, 0.25) is 0 Å². The van der Waals surface area contributed by atoms with Gasteiger partial charge >= 0.3 is 0 Å². The molecule has 0 aliphatic heterocycles. The minimum absolute atomic E-state index is 0.112. The highest BCUT2D eigenvalue weighted by molar-refractivity contribution is 5.97. The SMILES string of the molecule is C=CCN(c1cc(C2CCC2)cc(C(=O)NCc2c(C)cc(C)[nH]c2=O)c1C)C1CCCC1. The maximum Gasteiger partial charge on any atom is 0.253 e. The van der Waals surface area contributed by atoms with Crippen molar-refractivity contribution in [3.05, 3.63) is 74.7 Å². The van der Waals surface area contributed by atoms with Crippen LogP contribution in [0.4, 0.5) is 5.69 Å². The van der Waals surface area contributed by atoms with Crippen LogP contribution < -0.4 is 15.8 Å². The number of H-pyrrole nitrogens is 1. The van der Waals surface area contributed by atoms with E-state index in [0.29, 0.717) is 17.5 Å². The molecule has 2 aromatic rings. The molecule has 1 heterocycles. The molecule has 0 bridgehead atoms. The molecule has 33 heavy (non-hydrogen) atoms. The van der Waals surface area contributed by atoms with Crippen LogP contribution in [0.3, 0.4) is 0 Å². The van der Waals surface area contributed by atoms with Crippen LogP contribution >= 0.6 is 0 Å². The third-order valence-corrected chi connectivity index (χ3v) is 7.54. The summed E-state index contributed by atoms with van der Waals surface area (Å²) in [6, 6.07) is 6.86. The van der Waals surface area contributed by atoms with E-state index in [9.17, 15) is 9.59 Å². The van der Waals surface area contributed by atoms with Gasteiger partial charge in [-0.25, -0.2) is 0 Å². The molecule has 1 aromatic heterocycles. The molecule has 1 amide bonds. The first-order chi connectivity index (χ1) is 15.9. The van der Waals surface area contributed by atoms with E-state index < -0.39 is 0 Å². The zero-order chi connectivity index (χ0) is 23.5. The smallest absolute Gasteiger partial charge is 0.253 e. The summed E-state index contributed by atoms with van der Waals surface area (Å²) >= 11 is 0. The first-order valence-electron chi connectivity index (χ1n) is 12.4. The molecule has 2 aliphatic carbocycles. The lowest BCUT2D eigenvalue weighted by molar-refractivity contribution is 0.0950. The molecule has 2 saturated carbocycles. The fraction of sp³-hybridized carbons (Fsp3) is 0.500. The topological polar surface area (TPSA) is 65.2 Å². The number of pyridine rings is 1. The number of benzene rings is 1. The summed E-state index contributed by atoms with van der Waals surface area (Å²) in [5, 5.41) is 3.03. The van der Waals surface area contributed by atoms with Crippen molar-refractivity contribution in [3.8, 4) is 0 Å². The Hall–Kier alpha value is -2.82. The maximum absolute atomic E-state index is 13.4. The minimum atomic E-state index is -0.133. The van der Waals surface area contributed by atoms with Gasteiger partial charge in [-0.2, -0.15) is 0 Å². The van der Waals surface area contributed by atoms with Crippen LogP contribution in [0.2, 0.25) is 0 Å². The quantitative estimate of drug-likeness (QED) is 0.530. The highest BCUT2D eigenvalue weighted by Gasteiger charge is 2.28. The molecule has 0 spiro atoms. The number of hydrogen-bond acceptors (Lipinski definition) is 3. The number of carbonyl (C=O) groups is 1. The number of amides is 1. The van der Waals surface area contributed by atoms with E-state index in [0.717, 1.165) is 28.9 Å². The van der Waals surface area contributed by atoms with E-state index in [1.807, 2.05) is 26.0 Å². The molecule has 5 heteroatoms. The van der Waals surface area contributed by atoms with Crippen LogP contribution in [-0.4, -0.2) is 23.5 Å². The van der Waals surface area contributed by atoms with Crippen molar-refractivity contribution in [2.45, 2.75) is 84.2 Å². The lowest BCUT2D eigenvalue weighted by Gasteiger charge is -2.34. The predicted octanol–water partition coefficient (Wildman–Crippen LogP) is 5.43. The number of nitrogens with one attached hydrogen (secondary N) is 2. The van der Waals surface area contributed by atoms with Crippen molar-refractivity contribution in [2.24, 2.45) is 0 Å². The Bertz CT molecular complexity index is 1090. The largest absolute Gasteiger partial charge is 0.365 e. The molecular weight excluding hydrogens is 410 g/mol. The van der Waals surface area contributed by atoms with Gasteiger partial charge < -0.3 is 15.2 Å².